The van der Waals surface area contributed by atoms with E-state index < -0.39 is 27.9 Å². The molecule has 0 bridgehead atoms. The molecule has 3 aromatic rings. The molecule has 0 aromatic carbocycles. The maximum Gasteiger partial charge on any atom is 0.253 e. The number of anilines is 2. The van der Waals surface area contributed by atoms with E-state index >= 15 is 0 Å². The Morgan fingerprint density at radius 3 is 2.76 bits per heavy atom. The fourth-order valence-corrected chi connectivity index (χ4v) is 5.11. The largest absolute Gasteiger partial charge is 0.492 e. The molecule has 1 aliphatic heterocycles. The molecule has 1 aliphatic rings. The lowest BCUT2D eigenvalue weighted by Gasteiger charge is -2.33. The second-order valence-electron chi connectivity index (χ2n) is 8.73. The summed E-state index contributed by atoms with van der Waals surface area (Å²) in [6, 6.07) is 5.93. The Morgan fingerprint density at radius 2 is 2.08 bits per heavy atom. The Morgan fingerprint density at radius 1 is 1.29 bits per heavy atom. The SMILES string of the molecule is C=C1CN(c2cccc(-c3csc(NC(=O)[C@@H](COC)NC(=O)c4ccn(S(C)(=O)=O)c4)n3)n2)C[C@@H](C)O1. The molecule has 0 saturated carbocycles. The summed E-state index contributed by atoms with van der Waals surface area (Å²) in [5, 5.41) is 7.37. The maximum atomic E-state index is 12.9. The van der Waals surface area contributed by atoms with Gasteiger partial charge in [-0.05, 0) is 25.1 Å². The van der Waals surface area contributed by atoms with Crippen molar-refractivity contribution >= 4 is 44.1 Å². The summed E-state index contributed by atoms with van der Waals surface area (Å²) in [5.74, 6) is 0.293. The first kappa shape index (κ1) is 27.3. The van der Waals surface area contributed by atoms with E-state index in [-0.39, 0.29) is 18.3 Å². The van der Waals surface area contributed by atoms with Crippen molar-refractivity contribution in [2.24, 2.45) is 0 Å². The van der Waals surface area contributed by atoms with Gasteiger partial charge < -0.3 is 25.0 Å². The summed E-state index contributed by atoms with van der Waals surface area (Å²) >= 11 is 1.22. The number of rotatable bonds is 9. The minimum atomic E-state index is -3.54. The minimum absolute atomic E-state index is 0.00272. The van der Waals surface area contributed by atoms with Gasteiger partial charge in [0.15, 0.2) is 5.13 Å². The topological polar surface area (TPSA) is 145 Å². The van der Waals surface area contributed by atoms with E-state index in [0.29, 0.717) is 35.4 Å². The first-order chi connectivity index (χ1) is 18.0. The number of carbonyl (C=O) groups is 2. The highest BCUT2D eigenvalue weighted by Crippen LogP contribution is 2.27. The molecule has 12 nitrogen and oxygen atoms in total. The van der Waals surface area contributed by atoms with E-state index in [0.717, 1.165) is 16.0 Å². The predicted octanol–water partition coefficient (Wildman–Crippen LogP) is 1.94. The van der Waals surface area contributed by atoms with Gasteiger partial charge in [0.2, 0.25) is 10.0 Å². The Balaban J connectivity index is 1.43. The van der Waals surface area contributed by atoms with E-state index in [4.69, 9.17) is 14.5 Å². The summed E-state index contributed by atoms with van der Waals surface area (Å²) < 4.78 is 35.0. The molecule has 202 valence electrons. The van der Waals surface area contributed by atoms with Crippen molar-refractivity contribution in [1.82, 2.24) is 19.3 Å². The van der Waals surface area contributed by atoms with Crippen molar-refractivity contribution in [2.45, 2.75) is 19.1 Å². The van der Waals surface area contributed by atoms with Crippen LogP contribution in [0.3, 0.4) is 0 Å². The molecule has 14 heteroatoms. The normalized spacial score (nSPS) is 16.6. The van der Waals surface area contributed by atoms with Crippen LogP contribution in [-0.4, -0.2) is 79.4 Å². The van der Waals surface area contributed by atoms with E-state index in [2.05, 4.69) is 27.1 Å². The lowest BCUT2D eigenvalue weighted by molar-refractivity contribution is -0.119. The van der Waals surface area contributed by atoms with Crippen molar-refractivity contribution in [3.05, 3.63) is 59.9 Å². The van der Waals surface area contributed by atoms with Crippen LogP contribution in [-0.2, 0) is 24.3 Å². The quantitative estimate of drug-likeness (QED) is 0.401. The molecule has 2 amide bonds. The second-order valence-corrected chi connectivity index (χ2v) is 11.5. The van der Waals surface area contributed by atoms with Gasteiger partial charge in [0.1, 0.15) is 29.4 Å². The van der Waals surface area contributed by atoms with Gasteiger partial charge in [0.25, 0.3) is 11.8 Å². The van der Waals surface area contributed by atoms with Gasteiger partial charge in [-0.3, -0.25) is 13.6 Å². The number of ether oxygens (including phenoxy) is 2. The van der Waals surface area contributed by atoms with Crippen LogP contribution in [0.15, 0.2) is 54.4 Å². The first-order valence-electron chi connectivity index (χ1n) is 11.5. The van der Waals surface area contributed by atoms with Crippen molar-refractivity contribution in [2.75, 3.05) is 43.3 Å². The number of nitrogens with one attached hydrogen (secondary N) is 2. The number of pyridine rings is 1. The Hall–Kier alpha value is -3.75. The summed E-state index contributed by atoms with van der Waals surface area (Å²) in [7, 11) is -2.14. The van der Waals surface area contributed by atoms with Crippen LogP contribution in [0.1, 0.15) is 17.3 Å². The number of amides is 2. The smallest absolute Gasteiger partial charge is 0.253 e. The average Bonchev–Trinajstić information content (AvgIpc) is 3.53. The third-order valence-electron chi connectivity index (χ3n) is 5.54. The Kier molecular flexibility index (Phi) is 8.14. The van der Waals surface area contributed by atoms with Crippen LogP contribution in [0.5, 0.6) is 0 Å². The monoisotopic (exact) mass is 560 g/mol. The van der Waals surface area contributed by atoms with Crippen LogP contribution in [0, 0.1) is 0 Å². The van der Waals surface area contributed by atoms with E-state index in [1.807, 2.05) is 25.1 Å². The highest BCUT2D eigenvalue weighted by atomic mass is 32.2. The molecule has 0 aliphatic carbocycles. The van der Waals surface area contributed by atoms with Gasteiger partial charge in [0.05, 0.1) is 37.2 Å². The third kappa shape index (κ3) is 6.57. The first-order valence-corrected chi connectivity index (χ1v) is 14.3. The second kappa shape index (κ2) is 11.3. The number of carbonyl (C=O) groups excluding carboxylic acids is 2. The number of hydrogen-bond donors (Lipinski definition) is 2. The molecular formula is C24H28N6O6S2. The molecule has 2 atom stereocenters. The van der Waals surface area contributed by atoms with Crippen molar-refractivity contribution in [1.29, 1.82) is 0 Å². The minimum Gasteiger partial charge on any atom is -0.492 e. The van der Waals surface area contributed by atoms with E-state index in [9.17, 15) is 18.0 Å². The van der Waals surface area contributed by atoms with Gasteiger partial charge in [0, 0.05) is 24.9 Å². The molecule has 4 heterocycles. The summed E-state index contributed by atoms with van der Waals surface area (Å²) in [4.78, 5) is 36.8. The van der Waals surface area contributed by atoms with Crippen LogP contribution in [0.25, 0.3) is 11.4 Å². The molecule has 3 aromatic heterocycles. The summed E-state index contributed by atoms with van der Waals surface area (Å²) in [5.41, 5.74) is 1.31. The van der Waals surface area contributed by atoms with Crippen molar-refractivity contribution in [3.63, 3.8) is 0 Å². The van der Waals surface area contributed by atoms with E-state index in [1.54, 1.807) is 5.38 Å². The van der Waals surface area contributed by atoms with Gasteiger partial charge in [-0.1, -0.05) is 12.6 Å². The Labute approximate surface area is 224 Å². The van der Waals surface area contributed by atoms with Gasteiger partial charge in [-0.15, -0.1) is 11.3 Å². The molecular weight excluding hydrogens is 532 g/mol. The molecule has 4 rings (SSSR count). The fourth-order valence-electron chi connectivity index (χ4n) is 3.81. The zero-order chi connectivity index (χ0) is 27.4. The number of morpholine rings is 1. The number of thiazole rings is 1. The zero-order valence-corrected chi connectivity index (χ0v) is 22.7. The zero-order valence-electron chi connectivity index (χ0n) is 21.1. The van der Waals surface area contributed by atoms with Gasteiger partial charge >= 0.3 is 0 Å². The molecule has 2 N–H and O–H groups in total. The molecule has 0 unspecified atom stereocenters. The van der Waals surface area contributed by atoms with Crippen LogP contribution in [0.4, 0.5) is 10.9 Å². The molecule has 1 fully saturated rings. The van der Waals surface area contributed by atoms with E-state index in [1.165, 1.54) is 36.9 Å². The highest BCUT2D eigenvalue weighted by molar-refractivity contribution is 7.89. The lowest BCUT2D eigenvalue weighted by atomic mass is 10.2. The predicted molar refractivity (Wildman–Crippen MR) is 144 cm³/mol. The Bertz CT molecular complexity index is 1450. The van der Waals surface area contributed by atoms with Gasteiger partial charge in [-0.25, -0.2) is 18.4 Å². The third-order valence-corrected chi connectivity index (χ3v) is 7.29. The number of aromatic nitrogens is 3. The van der Waals surface area contributed by atoms with Crippen molar-refractivity contribution < 1.29 is 27.5 Å². The van der Waals surface area contributed by atoms with Crippen LogP contribution >= 0.6 is 11.3 Å². The number of hydrogen-bond acceptors (Lipinski definition) is 10. The summed E-state index contributed by atoms with van der Waals surface area (Å²) in [6.45, 7) is 7.02. The maximum absolute atomic E-state index is 12.9. The molecule has 0 spiro atoms. The van der Waals surface area contributed by atoms with Crippen molar-refractivity contribution in [3.8, 4) is 11.4 Å². The van der Waals surface area contributed by atoms with Crippen LogP contribution < -0.4 is 15.5 Å². The van der Waals surface area contributed by atoms with Gasteiger partial charge in [-0.2, -0.15) is 0 Å². The molecule has 0 radical (unpaired) electrons. The molecule has 38 heavy (non-hydrogen) atoms. The van der Waals surface area contributed by atoms with Crippen LogP contribution in [0.2, 0.25) is 0 Å². The highest BCUT2D eigenvalue weighted by Gasteiger charge is 2.24. The lowest BCUT2D eigenvalue weighted by Crippen LogP contribution is -2.46. The summed E-state index contributed by atoms with van der Waals surface area (Å²) in [6.07, 6.45) is 3.45. The molecule has 1 saturated heterocycles. The number of nitrogens with zero attached hydrogens (tertiary/aromatic N) is 4. The average molecular weight is 561 g/mol. The standard InChI is InChI=1S/C24H28N6O6S2/c1-15-10-29(11-16(2)36-15)21-7-5-6-18(25-21)20-14-37-24(27-20)28-23(32)19(13-35-3)26-22(31)17-8-9-30(12-17)38(4,33)34/h5-9,12,14,16,19H,1,10-11,13H2,2-4H3,(H,26,31)(H,27,28,32)/t16-,19-/m1/s1. The fraction of sp³-hybridized carbons (Fsp3) is 0.333. The number of methoxy groups -OCH3 is 1.